The number of hydrogen-bond donors (Lipinski definition) is 1. The molecular weight excluding hydrogens is 301 g/mol. The van der Waals surface area contributed by atoms with Gasteiger partial charge < -0.3 is 5.32 Å². The maximum absolute atomic E-state index is 13.7. The van der Waals surface area contributed by atoms with Gasteiger partial charge in [0.15, 0.2) is 0 Å². The van der Waals surface area contributed by atoms with E-state index in [1.54, 1.807) is 24.3 Å². The van der Waals surface area contributed by atoms with Crippen molar-refractivity contribution >= 4 is 5.91 Å². The highest BCUT2D eigenvalue weighted by Gasteiger charge is 2.11. The van der Waals surface area contributed by atoms with Gasteiger partial charge in [0.25, 0.3) is 5.91 Å². The van der Waals surface area contributed by atoms with Crippen LogP contribution in [-0.4, -0.2) is 5.91 Å². The third kappa shape index (κ3) is 3.87. The molecule has 0 spiro atoms. The van der Waals surface area contributed by atoms with Gasteiger partial charge in [-0.25, -0.2) is 4.39 Å². The van der Waals surface area contributed by atoms with E-state index in [2.05, 4.69) is 5.32 Å². The van der Waals surface area contributed by atoms with Crippen molar-refractivity contribution in [1.82, 2.24) is 5.32 Å². The van der Waals surface area contributed by atoms with Gasteiger partial charge in [-0.05, 0) is 29.7 Å². The fourth-order valence-electron chi connectivity index (χ4n) is 2.62. The summed E-state index contributed by atoms with van der Waals surface area (Å²) in [7, 11) is 0. The van der Waals surface area contributed by atoms with E-state index in [0.29, 0.717) is 17.5 Å². The standard InChI is InChI=1S/C21H18FNO/c22-20-13-7-5-11-18(20)15-23-21(24)19-12-6-4-10-17(19)14-16-8-2-1-3-9-16/h1-13H,14-15H2,(H,23,24). The molecule has 3 rings (SSSR count). The fourth-order valence-corrected chi connectivity index (χ4v) is 2.62. The fraction of sp³-hybridized carbons (Fsp3) is 0.0952. The topological polar surface area (TPSA) is 29.1 Å². The van der Waals surface area contributed by atoms with Crippen molar-refractivity contribution in [3.05, 3.63) is 107 Å². The first-order chi connectivity index (χ1) is 11.7. The molecule has 0 radical (unpaired) electrons. The monoisotopic (exact) mass is 319 g/mol. The minimum absolute atomic E-state index is 0.172. The Morgan fingerprint density at radius 1 is 0.792 bits per heavy atom. The van der Waals surface area contributed by atoms with Gasteiger partial charge in [-0.15, -0.1) is 0 Å². The summed E-state index contributed by atoms with van der Waals surface area (Å²) < 4.78 is 13.7. The molecule has 0 bridgehead atoms. The van der Waals surface area contributed by atoms with Crippen LogP contribution in [0.1, 0.15) is 27.0 Å². The van der Waals surface area contributed by atoms with Crippen LogP contribution in [0.15, 0.2) is 78.9 Å². The molecule has 0 aliphatic rings. The molecule has 0 saturated heterocycles. The number of halogens is 1. The Hall–Kier alpha value is -2.94. The lowest BCUT2D eigenvalue weighted by molar-refractivity contribution is 0.0950. The number of rotatable bonds is 5. The van der Waals surface area contributed by atoms with Crippen LogP contribution >= 0.6 is 0 Å². The molecule has 0 fully saturated rings. The molecule has 3 heteroatoms. The minimum atomic E-state index is -0.310. The van der Waals surface area contributed by atoms with E-state index in [1.165, 1.54) is 6.07 Å². The Balaban J connectivity index is 1.74. The van der Waals surface area contributed by atoms with Crippen molar-refractivity contribution in [2.45, 2.75) is 13.0 Å². The zero-order valence-corrected chi connectivity index (χ0v) is 13.2. The van der Waals surface area contributed by atoms with Crippen LogP contribution < -0.4 is 5.32 Å². The normalized spacial score (nSPS) is 10.4. The lowest BCUT2D eigenvalue weighted by atomic mass is 9.99. The van der Waals surface area contributed by atoms with Crippen molar-refractivity contribution < 1.29 is 9.18 Å². The second kappa shape index (κ2) is 7.55. The average molecular weight is 319 g/mol. The van der Waals surface area contributed by atoms with Gasteiger partial charge in [-0.2, -0.15) is 0 Å². The maximum Gasteiger partial charge on any atom is 0.251 e. The Morgan fingerprint density at radius 3 is 2.17 bits per heavy atom. The highest BCUT2D eigenvalue weighted by molar-refractivity contribution is 5.95. The van der Waals surface area contributed by atoms with Gasteiger partial charge in [0, 0.05) is 17.7 Å². The summed E-state index contributed by atoms with van der Waals surface area (Å²) in [5, 5.41) is 2.80. The van der Waals surface area contributed by atoms with Crippen LogP contribution in [0, 0.1) is 5.82 Å². The molecule has 24 heavy (non-hydrogen) atoms. The predicted molar refractivity (Wildman–Crippen MR) is 93.3 cm³/mol. The average Bonchev–Trinajstić information content (AvgIpc) is 2.62. The first-order valence-electron chi connectivity index (χ1n) is 7.87. The summed E-state index contributed by atoms with van der Waals surface area (Å²) in [5.74, 6) is -0.500. The number of nitrogens with one attached hydrogen (secondary N) is 1. The highest BCUT2D eigenvalue weighted by atomic mass is 19.1. The maximum atomic E-state index is 13.7. The van der Waals surface area contributed by atoms with Crippen LogP contribution in [-0.2, 0) is 13.0 Å². The SMILES string of the molecule is O=C(NCc1ccccc1F)c1ccccc1Cc1ccccc1. The lowest BCUT2D eigenvalue weighted by Gasteiger charge is -2.11. The highest BCUT2D eigenvalue weighted by Crippen LogP contribution is 2.15. The van der Waals surface area contributed by atoms with Gasteiger partial charge in [0.1, 0.15) is 5.82 Å². The molecule has 0 aromatic heterocycles. The first kappa shape index (κ1) is 15.9. The number of amides is 1. The number of carbonyl (C=O) groups excluding carboxylic acids is 1. The minimum Gasteiger partial charge on any atom is -0.348 e. The van der Waals surface area contributed by atoms with E-state index in [9.17, 15) is 9.18 Å². The summed E-state index contributed by atoms with van der Waals surface area (Å²) in [6.07, 6.45) is 0.685. The second-order valence-corrected chi connectivity index (χ2v) is 5.59. The van der Waals surface area contributed by atoms with Crippen LogP contribution in [0.4, 0.5) is 4.39 Å². The molecule has 0 aliphatic heterocycles. The molecule has 0 atom stereocenters. The van der Waals surface area contributed by atoms with Crippen LogP contribution in [0.3, 0.4) is 0 Å². The first-order valence-corrected chi connectivity index (χ1v) is 7.87. The van der Waals surface area contributed by atoms with Gasteiger partial charge >= 0.3 is 0 Å². The van der Waals surface area contributed by atoms with Gasteiger partial charge in [0.2, 0.25) is 0 Å². The van der Waals surface area contributed by atoms with E-state index in [-0.39, 0.29) is 18.3 Å². The van der Waals surface area contributed by atoms with Crippen LogP contribution in [0.2, 0.25) is 0 Å². The molecule has 1 amide bonds. The second-order valence-electron chi connectivity index (χ2n) is 5.59. The smallest absolute Gasteiger partial charge is 0.251 e. The molecule has 3 aromatic rings. The predicted octanol–water partition coefficient (Wildman–Crippen LogP) is 4.35. The summed E-state index contributed by atoms with van der Waals surface area (Å²) in [5.41, 5.74) is 3.20. The third-order valence-corrected chi connectivity index (χ3v) is 3.90. The molecule has 1 N–H and O–H groups in total. The van der Waals surface area contributed by atoms with Gasteiger partial charge in [0.05, 0.1) is 0 Å². The molecular formula is C21H18FNO. The summed E-state index contributed by atoms with van der Waals surface area (Å²) in [6.45, 7) is 0.172. The summed E-state index contributed by atoms with van der Waals surface area (Å²) >= 11 is 0. The molecule has 120 valence electrons. The zero-order valence-electron chi connectivity index (χ0n) is 13.2. The van der Waals surface area contributed by atoms with Crippen molar-refractivity contribution in [3.63, 3.8) is 0 Å². The Bertz CT molecular complexity index is 830. The van der Waals surface area contributed by atoms with Crippen molar-refractivity contribution in [3.8, 4) is 0 Å². The summed E-state index contributed by atoms with van der Waals surface area (Å²) in [6, 6.07) is 24.0. The number of carbonyl (C=O) groups is 1. The third-order valence-electron chi connectivity index (χ3n) is 3.90. The van der Waals surface area contributed by atoms with E-state index in [0.717, 1.165) is 11.1 Å². The van der Waals surface area contributed by atoms with E-state index >= 15 is 0 Å². The lowest BCUT2D eigenvalue weighted by Crippen LogP contribution is -2.24. The molecule has 2 nitrogen and oxygen atoms in total. The van der Waals surface area contributed by atoms with E-state index in [1.807, 2.05) is 48.5 Å². The Morgan fingerprint density at radius 2 is 1.42 bits per heavy atom. The van der Waals surface area contributed by atoms with Gasteiger partial charge in [-0.3, -0.25) is 4.79 Å². The zero-order chi connectivity index (χ0) is 16.8. The molecule has 0 saturated carbocycles. The Kier molecular flexibility index (Phi) is 5.02. The molecule has 3 aromatic carbocycles. The quantitative estimate of drug-likeness (QED) is 0.744. The van der Waals surface area contributed by atoms with Crippen molar-refractivity contribution in [1.29, 1.82) is 0 Å². The Labute approximate surface area is 141 Å². The van der Waals surface area contributed by atoms with E-state index in [4.69, 9.17) is 0 Å². The molecule has 0 aliphatic carbocycles. The van der Waals surface area contributed by atoms with Crippen LogP contribution in [0.5, 0.6) is 0 Å². The number of hydrogen-bond acceptors (Lipinski definition) is 1. The van der Waals surface area contributed by atoms with Crippen molar-refractivity contribution in [2.75, 3.05) is 0 Å². The largest absolute Gasteiger partial charge is 0.348 e. The van der Waals surface area contributed by atoms with E-state index < -0.39 is 0 Å². The van der Waals surface area contributed by atoms with Gasteiger partial charge in [-0.1, -0.05) is 66.7 Å². The summed E-state index contributed by atoms with van der Waals surface area (Å²) in [4.78, 5) is 12.5. The van der Waals surface area contributed by atoms with Crippen molar-refractivity contribution in [2.24, 2.45) is 0 Å². The molecule has 0 unspecified atom stereocenters. The molecule has 0 heterocycles. The number of benzene rings is 3. The van der Waals surface area contributed by atoms with Crippen LogP contribution in [0.25, 0.3) is 0 Å².